The summed E-state index contributed by atoms with van der Waals surface area (Å²) in [6, 6.07) is 8.54. The van der Waals surface area contributed by atoms with Crippen LogP contribution in [0.3, 0.4) is 0 Å². The van der Waals surface area contributed by atoms with E-state index in [9.17, 15) is 5.11 Å². The normalized spacial score (nSPS) is 11.2. The van der Waals surface area contributed by atoms with Crippen molar-refractivity contribution in [1.82, 2.24) is 9.38 Å². The van der Waals surface area contributed by atoms with E-state index >= 15 is 0 Å². The lowest BCUT2D eigenvalue weighted by Crippen LogP contribution is -1.89. The Morgan fingerprint density at radius 1 is 1.39 bits per heavy atom. The third-order valence-electron chi connectivity index (χ3n) is 2.96. The zero-order chi connectivity index (χ0) is 12.5. The predicted molar refractivity (Wildman–Crippen MR) is 73.0 cm³/mol. The second-order valence-corrected chi connectivity index (χ2v) is 5.52. The summed E-state index contributed by atoms with van der Waals surface area (Å²) in [6.07, 6.45) is 4.71. The minimum absolute atomic E-state index is 0.0295. The highest BCUT2D eigenvalue weighted by Gasteiger charge is 2.07. The molecule has 0 atom stereocenters. The predicted octanol–water partition coefficient (Wildman–Crippen LogP) is 2.79. The molecular formula is C14H14N2OS. The molecule has 0 amide bonds. The van der Waals surface area contributed by atoms with Crippen molar-refractivity contribution in [1.29, 1.82) is 0 Å². The number of hydrogen-bond donors (Lipinski definition) is 1. The Morgan fingerprint density at radius 3 is 3.06 bits per heavy atom. The molecule has 2 aromatic heterocycles. The standard InChI is InChI=1S/C14H14N2OS/c1-10-3-2-4-11(5-10)6-13-8-16-12(9-17)7-15-14(16)18-13/h2-5,7-8,17H,6,9H2,1H3. The number of aromatic nitrogens is 2. The summed E-state index contributed by atoms with van der Waals surface area (Å²) in [5.74, 6) is 0. The SMILES string of the molecule is Cc1cccc(Cc2cn3c(CO)cnc3s2)c1. The van der Waals surface area contributed by atoms with Crippen molar-refractivity contribution < 1.29 is 5.11 Å². The largest absolute Gasteiger partial charge is 0.390 e. The van der Waals surface area contributed by atoms with E-state index in [1.807, 2.05) is 4.40 Å². The maximum absolute atomic E-state index is 9.20. The van der Waals surface area contributed by atoms with Crippen LogP contribution in [0.25, 0.3) is 4.96 Å². The van der Waals surface area contributed by atoms with Gasteiger partial charge in [0.15, 0.2) is 4.96 Å². The van der Waals surface area contributed by atoms with Gasteiger partial charge in [-0.05, 0) is 12.5 Å². The summed E-state index contributed by atoms with van der Waals surface area (Å²) in [7, 11) is 0. The van der Waals surface area contributed by atoms with E-state index < -0.39 is 0 Å². The highest BCUT2D eigenvalue weighted by molar-refractivity contribution is 7.17. The fourth-order valence-corrected chi connectivity index (χ4v) is 3.11. The Balaban J connectivity index is 1.93. The van der Waals surface area contributed by atoms with Crippen molar-refractivity contribution >= 4 is 16.3 Å². The minimum Gasteiger partial charge on any atom is -0.390 e. The Bertz CT molecular complexity index is 684. The van der Waals surface area contributed by atoms with Gasteiger partial charge in [0.2, 0.25) is 0 Å². The van der Waals surface area contributed by atoms with Crippen LogP contribution in [0.2, 0.25) is 0 Å². The number of aliphatic hydroxyl groups excluding tert-OH is 1. The number of aliphatic hydroxyl groups is 1. The zero-order valence-corrected chi connectivity index (χ0v) is 10.9. The van der Waals surface area contributed by atoms with Gasteiger partial charge in [-0.2, -0.15) is 0 Å². The molecule has 0 fully saturated rings. The van der Waals surface area contributed by atoms with E-state index in [0.717, 1.165) is 17.1 Å². The highest BCUT2D eigenvalue weighted by atomic mass is 32.1. The fraction of sp³-hybridized carbons (Fsp3) is 0.214. The van der Waals surface area contributed by atoms with Gasteiger partial charge < -0.3 is 5.11 Å². The number of fused-ring (bicyclic) bond motifs is 1. The minimum atomic E-state index is 0.0295. The molecule has 0 aliphatic rings. The van der Waals surface area contributed by atoms with Gasteiger partial charge in [0.05, 0.1) is 18.5 Å². The highest BCUT2D eigenvalue weighted by Crippen LogP contribution is 2.22. The maximum atomic E-state index is 9.20. The Kier molecular flexibility index (Phi) is 2.89. The number of aryl methyl sites for hydroxylation is 1. The van der Waals surface area contributed by atoms with E-state index in [1.165, 1.54) is 16.0 Å². The van der Waals surface area contributed by atoms with Gasteiger partial charge in [-0.15, -0.1) is 11.3 Å². The molecule has 0 aliphatic carbocycles. The second-order valence-electron chi connectivity index (χ2n) is 4.42. The zero-order valence-electron chi connectivity index (χ0n) is 10.1. The van der Waals surface area contributed by atoms with E-state index in [2.05, 4.69) is 42.4 Å². The summed E-state index contributed by atoms with van der Waals surface area (Å²) < 4.78 is 1.97. The van der Waals surface area contributed by atoms with Crippen LogP contribution >= 0.6 is 11.3 Å². The molecule has 0 radical (unpaired) electrons. The third kappa shape index (κ3) is 2.05. The van der Waals surface area contributed by atoms with Crippen molar-refractivity contribution in [3.8, 4) is 0 Å². The van der Waals surface area contributed by atoms with Crippen LogP contribution in [0.1, 0.15) is 21.7 Å². The fourth-order valence-electron chi connectivity index (χ4n) is 2.10. The molecule has 0 aliphatic heterocycles. The van der Waals surface area contributed by atoms with Crippen LogP contribution in [0.5, 0.6) is 0 Å². The lowest BCUT2D eigenvalue weighted by molar-refractivity contribution is 0.276. The number of benzene rings is 1. The number of nitrogens with zero attached hydrogens (tertiary/aromatic N) is 2. The average Bonchev–Trinajstić information content (AvgIpc) is 2.88. The Morgan fingerprint density at radius 2 is 2.28 bits per heavy atom. The van der Waals surface area contributed by atoms with Gasteiger partial charge >= 0.3 is 0 Å². The number of rotatable bonds is 3. The third-order valence-corrected chi connectivity index (χ3v) is 3.95. The van der Waals surface area contributed by atoms with Crippen LogP contribution in [0.15, 0.2) is 36.7 Å². The van der Waals surface area contributed by atoms with Crippen LogP contribution in [0, 0.1) is 6.92 Å². The average molecular weight is 258 g/mol. The van der Waals surface area contributed by atoms with Crippen LogP contribution in [-0.4, -0.2) is 14.5 Å². The second kappa shape index (κ2) is 4.55. The summed E-state index contributed by atoms with van der Waals surface area (Å²) in [5, 5.41) is 9.20. The molecule has 92 valence electrons. The van der Waals surface area contributed by atoms with E-state index in [0.29, 0.717) is 0 Å². The Hall–Kier alpha value is -1.65. The van der Waals surface area contributed by atoms with Crippen molar-refractivity contribution in [3.63, 3.8) is 0 Å². The molecule has 18 heavy (non-hydrogen) atoms. The van der Waals surface area contributed by atoms with Gasteiger partial charge in [0.1, 0.15) is 0 Å². The molecule has 4 heteroatoms. The first kappa shape index (κ1) is 11.4. The lowest BCUT2D eigenvalue weighted by Gasteiger charge is -1.99. The van der Waals surface area contributed by atoms with Gasteiger partial charge in [0, 0.05) is 17.5 Å². The van der Waals surface area contributed by atoms with Crippen molar-refractivity contribution in [2.45, 2.75) is 20.0 Å². The number of thiazole rings is 1. The van der Waals surface area contributed by atoms with E-state index in [4.69, 9.17) is 0 Å². The molecule has 0 saturated heterocycles. The number of imidazole rings is 1. The smallest absolute Gasteiger partial charge is 0.194 e. The monoisotopic (exact) mass is 258 g/mol. The lowest BCUT2D eigenvalue weighted by atomic mass is 10.1. The topological polar surface area (TPSA) is 37.5 Å². The van der Waals surface area contributed by atoms with Crippen LogP contribution in [0.4, 0.5) is 0 Å². The first-order chi connectivity index (χ1) is 8.76. The molecule has 2 heterocycles. The van der Waals surface area contributed by atoms with E-state index in [-0.39, 0.29) is 6.61 Å². The molecule has 1 N–H and O–H groups in total. The van der Waals surface area contributed by atoms with Gasteiger partial charge in [0.25, 0.3) is 0 Å². The Labute approximate surface area is 109 Å². The van der Waals surface area contributed by atoms with Crippen molar-refractivity contribution in [2.75, 3.05) is 0 Å². The first-order valence-electron chi connectivity index (χ1n) is 5.87. The van der Waals surface area contributed by atoms with E-state index in [1.54, 1.807) is 17.5 Å². The molecular weight excluding hydrogens is 244 g/mol. The van der Waals surface area contributed by atoms with Gasteiger partial charge in [-0.25, -0.2) is 4.98 Å². The van der Waals surface area contributed by atoms with Crippen LogP contribution in [-0.2, 0) is 13.0 Å². The molecule has 3 nitrogen and oxygen atoms in total. The molecule has 1 aromatic carbocycles. The maximum Gasteiger partial charge on any atom is 0.194 e. The quantitative estimate of drug-likeness (QED) is 0.784. The molecule has 0 spiro atoms. The molecule has 0 unspecified atom stereocenters. The summed E-state index contributed by atoms with van der Waals surface area (Å²) in [4.78, 5) is 6.50. The van der Waals surface area contributed by atoms with Gasteiger partial charge in [-0.3, -0.25) is 4.40 Å². The summed E-state index contributed by atoms with van der Waals surface area (Å²) in [6.45, 7) is 2.14. The molecule has 0 bridgehead atoms. The molecule has 3 aromatic rings. The molecule has 3 rings (SSSR count). The summed E-state index contributed by atoms with van der Waals surface area (Å²) in [5.41, 5.74) is 3.44. The van der Waals surface area contributed by atoms with Crippen molar-refractivity contribution in [2.24, 2.45) is 0 Å². The molecule has 0 saturated carbocycles. The summed E-state index contributed by atoms with van der Waals surface area (Å²) >= 11 is 1.67. The van der Waals surface area contributed by atoms with Crippen molar-refractivity contribution in [3.05, 3.63) is 58.4 Å². The van der Waals surface area contributed by atoms with Gasteiger partial charge in [-0.1, -0.05) is 29.8 Å². The van der Waals surface area contributed by atoms with Crippen LogP contribution < -0.4 is 0 Å². The first-order valence-corrected chi connectivity index (χ1v) is 6.69. The number of hydrogen-bond acceptors (Lipinski definition) is 3.